The zero-order valence-electron chi connectivity index (χ0n) is 13.9. The lowest BCUT2D eigenvalue weighted by molar-refractivity contribution is -0.137. The molecule has 1 aliphatic rings. The van der Waals surface area contributed by atoms with E-state index >= 15 is 0 Å². The van der Waals surface area contributed by atoms with Gasteiger partial charge in [0.15, 0.2) is 0 Å². The lowest BCUT2D eigenvalue weighted by atomic mass is 10.2. The fourth-order valence-electron chi connectivity index (χ4n) is 2.26. The monoisotopic (exact) mass is 395 g/mol. The molecule has 0 unspecified atom stereocenters. The molecule has 3 rings (SSSR count). The number of alkyl halides is 3. The predicted molar refractivity (Wildman–Crippen MR) is 89.5 cm³/mol. The Morgan fingerprint density at radius 1 is 1.07 bits per heavy atom. The number of carboxylic acid groups (broad SMARTS) is 2. The minimum absolute atomic E-state index is 0.0560. The number of halogens is 3. The topological polar surface area (TPSA) is 112 Å². The lowest BCUT2D eigenvalue weighted by Crippen LogP contribution is -2.27. The molecule has 0 spiro atoms. The molecule has 2 heterocycles. The first kappa shape index (κ1) is 20.5. The summed E-state index contributed by atoms with van der Waals surface area (Å²) in [6.07, 6.45) is 0.271. The van der Waals surface area contributed by atoms with Gasteiger partial charge >= 0.3 is 18.2 Å². The van der Waals surface area contributed by atoms with Crippen molar-refractivity contribution in [3.8, 4) is 0 Å². The van der Waals surface area contributed by atoms with E-state index in [0.29, 0.717) is 5.69 Å². The second kappa shape index (κ2) is 8.23. The third kappa shape index (κ3) is 4.86. The van der Waals surface area contributed by atoms with Crippen molar-refractivity contribution in [2.75, 3.05) is 0 Å². The van der Waals surface area contributed by atoms with Gasteiger partial charge in [-0.25, -0.2) is 14.4 Å². The third-order valence-corrected chi connectivity index (χ3v) is 3.60. The average molecular weight is 395 g/mol. The first-order chi connectivity index (χ1) is 13.1. The standard InChI is InChI=1S/C9H8N2O4.C8H4F3NO/c12-8(13)6-1-2-10-3-4-11(9(14)15)5-7(6)10;9-8(10,11)6-1-3-7(4-2-6)12-5-13/h1-4H,5H2,(H,12,13)(H,14,15);1-4H. The molecular formula is C17H12F3N3O5. The van der Waals surface area contributed by atoms with E-state index in [9.17, 15) is 27.6 Å². The maximum absolute atomic E-state index is 12.0. The number of aromatic nitrogens is 1. The summed E-state index contributed by atoms with van der Waals surface area (Å²) in [5.41, 5.74) is -0.0154. The molecule has 0 aliphatic carbocycles. The van der Waals surface area contributed by atoms with E-state index < -0.39 is 23.8 Å². The highest BCUT2D eigenvalue weighted by atomic mass is 19.4. The SMILES string of the molecule is O=C(O)c1ccn2c1CN(C(=O)O)C=C2.O=C=Nc1ccc(C(F)(F)F)cc1. The van der Waals surface area contributed by atoms with Gasteiger partial charge < -0.3 is 14.8 Å². The molecule has 8 nitrogen and oxygen atoms in total. The summed E-state index contributed by atoms with van der Waals surface area (Å²) < 4.78 is 37.6. The Bertz CT molecular complexity index is 957. The highest BCUT2D eigenvalue weighted by molar-refractivity contribution is 5.89. The number of isocyanates is 1. The molecule has 1 aromatic carbocycles. The molecule has 0 radical (unpaired) electrons. The van der Waals surface area contributed by atoms with Crippen LogP contribution in [-0.4, -0.2) is 37.8 Å². The molecule has 11 heteroatoms. The lowest BCUT2D eigenvalue weighted by Gasteiger charge is -2.20. The fourth-order valence-corrected chi connectivity index (χ4v) is 2.26. The third-order valence-electron chi connectivity index (χ3n) is 3.60. The van der Waals surface area contributed by atoms with E-state index in [2.05, 4.69) is 4.99 Å². The molecule has 2 aromatic rings. The van der Waals surface area contributed by atoms with Crippen molar-refractivity contribution in [2.45, 2.75) is 12.7 Å². The van der Waals surface area contributed by atoms with Crippen molar-refractivity contribution in [3.05, 3.63) is 59.5 Å². The van der Waals surface area contributed by atoms with Crippen molar-refractivity contribution in [2.24, 2.45) is 4.99 Å². The Labute approximate surface area is 155 Å². The second-order valence-electron chi connectivity index (χ2n) is 5.34. The van der Waals surface area contributed by atoms with Crippen molar-refractivity contribution >= 4 is 30.0 Å². The Morgan fingerprint density at radius 2 is 1.71 bits per heavy atom. The van der Waals surface area contributed by atoms with Crippen LogP contribution in [0.15, 0.2) is 47.7 Å². The van der Waals surface area contributed by atoms with Gasteiger partial charge in [0, 0.05) is 18.6 Å². The number of aliphatic imine (C=N–C) groups is 1. The first-order valence-corrected chi connectivity index (χ1v) is 7.49. The van der Waals surface area contributed by atoms with Crippen molar-refractivity contribution in [3.63, 3.8) is 0 Å². The van der Waals surface area contributed by atoms with E-state index in [1.165, 1.54) is 24.5 Å². The Hall–Kier alpha value is -3.85. The zero-order chi connectivity index (χ0) is 20.9. The minimum Gasteiger partial charge on any atom is -0.478 e. The summed E-state index contributed by atoms with van der Waals surface area (Å²) in [6, 6.07) is 5.38. The summed E-state index contributed by atoms with van der Waals surface area (Å²) in [5.74, 6) is -1.05. The first-order valence-electron chi connectivity index (χ1n) is 7.49. The van der Waals surface area contributed by atoms with Gasteiger partial charge in [0.1, 0.15) is 0 Å². The second-order valence-corrected chi connectivity index (χ2v) is 5.34. The number of amides is 1. The van der Waals surface area contributed by atoms with Crippen LogP contribution in [0.1, 0.15) is 21.6 Å². The molecule has 0 bridgehead atoms. The average Bonchev–Trinajstić information content (AvgIpc) is 3.05. The van der Waals surface area contributed by atoms with Crippen LogP contribution in [-0.2, 0) is 17.5 Å². The summed E-state index contributed by atoms with van der Waals surface area (Å²) in [4.78, 5) is 35.4. The van der Waals surface area contributed by atoms with Gasteiger partial charge in [-0.1, -0.05) is 0 Å². The Morgan fingerprint density at radius 3 is 2.21 bits per heavy atom. The van der Waals surface area contributed by atoms with E-state index in [1.54, 1.807) is 10.8 Å². The van der Waals surface area contributed by atoms with Crippen LogP contribution in [0, 0.1) is 0 Å². The van der Waals surface area contributed by atoms with Gasteiger partial charge in [0.2, 0.25) is 6.08 Å². The van der Waals surface area contributed by atoms with E-state index in [-0.39, 0.29) is 17.8 Å². The molecule has 2 N–H and O–H groups in total. The molecule has 0 saturated heterocycles. The zero-order valence-corrected chi connectivity index (χ0v) is 13.9. The quantitative estimate of drug-likeness (QED) is 0.594. The van der Waals surface area contributed by atoms with Crippen LogP contribution in [0.4, 0.5) is 23.7 Å². The smallest absolute Gasteiger partial charge is 0.416 e. The summed E-state index contributed by atoms with van der Waals surface area (Å²) >= 11 is 0. The van der Waals surface area contributed by atoms with E-state index in [0.717, 1.165) is 29.2 Å². The van der Waals surface area contributed by atoms with Gasteiger partial charge in [-0.05, 0) is 30.3 Å². The number of aromatic carboxylic acids is 1. The molecule has 1 aromatic heterocycles. The number of carboxylic acids is 1. The van der Waals surface area contributed by atoms with Crippen molar-refractivity contribution < 1.29 is 37.8 Å². The molecular weight excluding hydrogens is 383 g/mol. The number of hydrogen-bond donors (Lipinski definition) is 2. The highest BCUT2D eigenvalue weighted by Gasteiger charge is 2.29. The number of hydrogen-bond acceptors (Lipinski definition) is 4. The van der Waals surface area contributed by atoms with Gasteiger partial charge in [-0.3, -0.25) is 4.90 Å². The van der Waals surface area contributed by atoms with Crippen LogP contribution >= 0.6 is 0 Å². The number of benzene rings is 1. The summed E-state index contributed by atoms with van der Waals surface area (Å²) in [7, 11) is 0. The number of nitrogens with zero attached hydrogens (tertiary/aromatic N) is 3. The fraction of sp³-hybridized carbons (Fsp3) is 0.118. The summed E-state index contributed by atoms with van der Waals surface area (Å²) in [5, 5.41) is 17.6. The molecule has 146 valence electrons. The van der Waals surface area contributed by atoms with Gasteiger partial charge in [0.05, 0.1) is 29.1 Å². The summed E-state index contributed by atoms with van der Waals surface area (Å²) in [6.45, 7) is 0.0560. The highest BCUT2D eigenvalue weighted by Crippen LogP contribution is 2.30. The molecule has 28 heavy (non-hydrogen) atoms. The number of rotatable bonds is 2. The van der Waals surface area contributed by atoms with E-state index in [4.69, 9.17) is 10.2 Å². The number of fused-ring (bicyclic) bond motifs is 1. The molecule has 1 amide bonds. The van der Waals surface area contributed by atoms with Crippen LogP contribution < -0.4 is 0 Å². The van der Waals surface area contributed by atoms with Crippen molar-refractivity contribution in [1.29, 1.82) is 0 Å². The maximum atomic E-state index is 12.0. The van der Waals surface area contributed by atoms with Crippen molar-refractivity contribution in [1.82, 2.24) is 9.47 Å². The van der Waals surface area contributed by atoms with E-state index in [1.807, 2.05) is 0 Å². The molecule has 0 atom stereocenters. The maximum Gasteiger partial charge on any atom is 0.416 e. The Kier molecular flexibility index (Phi) is 6.01. The predicted octanol–water partition coefficient (Wildman–Crippen LogP) is 3.78. The Balaban J connectivity index is 0.000000203. The van der Waals surface area contributed by atoms with Crippen LogP contribution in [0.3, 0.4) is 0 Å². The largest absolute Gasteiger partial charge is 0.478 e. The van der Waals surface area contributed by atoms with Gasteiger partial charge in [0.25, 0.3) is 0 Å². The number of carbonyl (C=O) groups excluding carboxylic acids is 1. The molecule has 0 saturated carbocycles. The van der Waals surface area contributed by atoms with Gasteiger partial charge in [-0.15, -0.1) is 0 Å². The van der Waals surface area contributed by atoms with Crippen LogP contribution in [0.5, 0.6) is 0 Å². The molecule has 1 aliphatic heterocycles. The molecule has 0 fully saturated rings. The van der Waals surface area contributed by atoms with Gasteiger partial charge in [-0.2, -0.15) is 18.2 Å². The number of carbonyl (C=O) groups is 2. The normalized spacial score (nSPS) is 12.3. The van der Waals surface area contributed by atoms with Crippen LogP contribution in [0.25, 0.3) is 6.20 Å². The van der Waals surface area contributed by atoms with Crippen LogP contribution in [0.2, 0.25) is 0 Å². The minimum atomic E-state index is -4.36.